The molecule has 1 aromatic heterocycles. The fraction of sp³-hybridized carbons (Fsp3) is 0.286. The van der Waals surface area contributed by atoms with Crippen molar-refractivity contribution in [2.24, 2.45) is 0 Å². The van der Waals surface area contributed by atoms with Gasteiger partial charge in [0.05, 0.1) is 17.7 Å². The van der Waals surface area contributed by atoms with Crippen molar-refractivity contribution in [2.75, 3.05) is 4.90 Å². The number of amides is 2. The predicted octanol–water partition coefficient (Wildman–Crippen LogP) is 2.80. The number of rotatable bonds is 2. The SMILES string of the molecule is CC1Cc2ccccc2N1C(=O)NCc1cscn1. The fourth-order valence-electron chi connectivity index (χ4n) is 2.45. The molecule has 2 heterocycles. The zero-order valence-electron chi connectivity index (χ0n) is 10.7. The van der Waals surface area contributed by atoms with Gasteiger partial charge in [-0.15, -0.1) is 11.3 Å². The summed E-state index contributed by atoms with van der Waals surface area (Å²) in [7, 11) is 0. The van der Waals surface area contributed by atoms with E-state index in [-0.39, 0.29) is 12.1 Å². The Morgan fingerprint density at radius 2 is 2.37 bits per heavy atom. The van der Waals surface area contributed by atoms with Crippen LogP contribution in [0.3, 0.4) is 0 Å². The zero-order chi connectivity index (χ0) is 13.2. The average Bonchev–Trinajstić information content (AvgIpc) is 3.02. The largest absolute Gasteiger partial charge is 0.332 e. The van der Waals surface area contributed by atoms with Crippen LogP contribution in [0.2, 0.25) is 0 Å². The third-order valence-electron chi connectivity index (χ3n) is 3.33. The van der Waals surface area contributed by atoms with Gasteiger partial charge >= 0.3 is 6.03 Å². The molecule has 0 spiro atoms. The highest BCUT2D eigenvalue weighted by Gasteiger charge is 2.30. The van der Waals surface area contributed by atoms with Gasteiger partial charge in [0.2, 0.25) is 0 Å². The number of hydrogen-bond acceptors (Lipinski definition) is 3. The van der Waals surface area contributed by atoms with Crippen molar-refractivity contribution in [2.45, 2.75) is 25.9 Å². The Balaban J connectivity index is 1.73. The van der Waals surface area contributed by atoms with Crippen LogP contribution < -0.4 is 10.2 Å². The highest BCUT2D eigenvalue weighted by molar-refractivity contribution is 7.07. The molecule has 19 heavy (non-hydrogen) atoms. The number of fused-ring (bicyclic) bond motifs is 1. The summed E-state index contributed by atoms with van der Waals surface area (Å²) in [5, 5.41) is 4.88. The molecule has 1 atom stereocenters. The van der Waals surface area contributed by atoms with Gasteiger partial charge in [0, 0.05) is 17.1 Å². The first-order chi connectivity index (χ1) is 9.25. The van der Waals surface area contributed by atoms with Gasteiger partial charge in [-0.3, -0.25) is 4.90 Å². The van der Waals surface area contributed by atoms with Gasteiger partial charge in [0.1, 0.15) is 0 Å². The number of carbonyl (C=O) groups is 1. The van der Waals surface area contributed by atoms with Crippen LogP contribution in [0.4, 0.5) is 10.5 Å². The molecule has 4 nitrogen and oxygen atoms in total. The number of hydrogen-bond donors (Lipinski definition) is 1. The summed E-state index contributed by atoms with van der Waals surface area (Å²) in [5.41, 5.74) is 4.93. The molecular weight excluding hydrogens is 258 g/mol. The smallest absolute Gasteiger partial charge is 0.322 e. The summed E-state index contributed by atoms with van der Waals surface area (Å²) in [4.78, 5) is 18.3. The Kier molecular flexibility index (Phi) is 3.21. The topological polar surface area (TPSA) is 45.2 Å². The van der Waals surface area contributed by atoms with Crippen LogP contribution in [0.25, 0.3) is 0 Å². The molecule has 1 aromatic carbocycles. The number of urea groups is 1. The standard InChI is InChI=1S/C14H15N3OS/c1-10-6-11-4-2-3-5-13(11)17(10)14(18)15-7-12-8-19-9-16-12/h2-5,8-10H,6-7H2,1H3,(H,15,18). The first kappa shape index (κ1) is 12.2. The quantitative estimate of drug-likeness (QED) is 0.914. The molecule has 0 fully saturated rings. The Hall–Kier alpha value is -1.88. The molecule has 2 aromatic rings. The van der Waals surface area contributed by atoms with Crippen LogP contribution in [0, 0.1) is 0 Å². The monoisotopic (exact) mass is 273 g/mol. The van der Waals surface area contributed by atoms with E-state index in [2.05, 4.69) is 23.3 Å². The van der Waals surface area contributed by atoms with Crippen molar-refractivity contribution in [3.63, 3.8) is 0 Å². The maximum absolute atomic E-state index is 12.3. The second-order valence-corrected chi connectivity index (χ2v) is 5.41. The van der Waals surface area contributed by atoms with E-state index in [0.717, 1.165) is 17.8 Å². The first-order valence-corrected chi connectivity index (χ1v) is 7.22. The van der Waals surface area contributed by atoms with Crippen LogP contribution in [-0.4, -0.2) is 17.1 Å². The van der Waals surface area contributed by atoms with E-state index in [1.165, 1.54) is 16.9 Å². The summed E-state index contributed by atoms with van der Waals surface area (Å²) in [6.07, 6.45) is 0.917. The van der Waals surface area contributed by atoms with Gasteiger partial charge in [-0.2, -0.15) is 0 Å². The summed E-state index contributed by atoms with van der Waals surface area (Å²) < 4.78 is 0. The molecule has 0 saturated carbocycles. The highest BCUT2D eigenvalue weighted by Crippen LogP contribution is 2.31. The third-order valence-corrected chi connectivity index (χ3v) is 3.97. The predicted molar refractivity (Wildman–Crippen MR) is 76.4 cm³/mol. The van der Waals surface area contributed by atoms with Crippen LogP contribution in [0.15, 0.2) is 35.2 Å². The van der Waals surface area contributed by atoms with Gasteiger partial charge in [0.25, 0.3) is 0 Å². The molecular formula is C14H15N3OS. The molecule has 0 saturated heterocycles. The molecule has 1 aliphatic heterocycles. The summed E-state index contributed by atoms with van der Waals surface area (Å²) >= 11 is 1.54. The molecule has 0 radical (unpaired) electrons. The number of para-hydroxylation sites is 1. The second-order valence-electron chi connectivity index (χ2n) is 4.69. The highest BCUT2D eigenvalue weighted by atomic mass is 32.1. The number of aromatic nitrogens is 1. The minimum atomic E-state index is -0.0505. The number of benzene rings is 1. The van der Waals surface area contributed by atoms with E-state index in [9.17, 15) is 4.79 Å². The van der Waals surface area contributed by atoms with E-state index in [0.29, 0.717) is 6.54 Å². The lowest BCUT2D eigenvalue weighted by Crippen LogP contribution is -2.43. The van der Waals surface area contributed by atoms with Gasteiger partial charge in [0.15, 0.2) is 0 Å². The van der Waals surface area contributed by atoms with Crippen molar-refractivity contribution in [3.8, 4) is 0 Å². The zero-order valence-corrected chi connectivity index (χ0v) is 11.5. The molecule has 0 aliphatic carbocycles. The lowest BCUT2D eigenvalue weighted by atomic mass is 10.1. The van der Waals surface area contributed by atoms with Crippen LogP contribution in [0.5, 0.6) is 0 Å². The summed E-state index contributed by atoms with van der Waals surface area (Å²) in [6, 6.07) is 8.22. The van der Waals surface area contributed by atoms with Gasteiger partial charge in [-0.25, -0.2) is 9.78 Å². The van der Waals surface area contributed by atoms with E-state index >= 15 is 0 Å². The molecule has 98 valence electrons. The summed E-state index contributed by atoms with van der Waals surface area (Å²) in [6.45, 7) is 2.55. The Labute approximate surface area is 116 Å². The Bertz CT molecular complexity index is 582. The third kappa shape index (κ3) is 2.33. The molecule has 1 aliphatic rings. The number of thiazole rings is 1. The number of nitrogens with one attached hydrogen (secondary N) is 1. The van der Waals surface area contributed by atoms with E-state index in [1.54, 1.807) is 5.51 Å². The van der Waals surface area contributed by atoms with Gasteiger partial charge < -0.3 is 5.32 Å². The van der Waals surface area contributed by atoms with E-state index in [1.807, 2.05) is 28.5 Å². The lowest BCUT2D eigenvalue weighted by Gasteiger charge is -2.22. The first-order valence-electron chi connectivity index (χ1n) is 6.28. The van der Waals surface area contributed by atoms with Gasteiger partial charge in [-0.1, -0.05) is 18.2 Å². The van der Waals surface area contributed by atoms with Crippen LogP contribution >= 0.6 is 11.3 Å². The molecule has 2 amide bonds. The normalized spacial score (nSPS) is 17.3. The minimum Gasteiger partial charge on any atom is -0.332 e. The molecule has 3 rings (SSSR count). The second kappa shape index (κ2) is 5.01. The Morgan fingerprint density at radius 3 is 3.16 bits per heavy atom. The Morgan fingerprint density at radius 1 is 1.53 bits per heavy atom. The van der Waals surface area contributed by atoms with Crippen molar-refractivity contribution in [3.05, 3.63) is 46.4 Å². The molecule has 0 bridgehead atoms. The number of carbonyl (C=O) groups excluding carboxylic acids is 1. The van der Waals surface area contributed by atoms with E-state index in [4.69, 9.17) is 0 Å². The fourth-order valence-corrected chi connectivity index (χ4v) is 3.01. The molecule has 5 heteroatoms. The van der Waals surface area contributed by atoms with Crippen molar-refractivity contribution >= 4 is 23.1 Å². The summed E-state index contributed by atoms with van der Waals surface area (Å²) in [5.74, 6) is 0. The van der Waals surface area contributed by atoms with Crippen molar-refractivity contribution in [1.29, 1.82) is 0 Å². The van der Waals surface area contributed by atoms with Gasteiger partial charge in [-0.05, 0) is 25.0 Å². The van der Waals surface area contributed by atoms with Crippen molar-refractivity contribution < 1.29 is 4.79 Å². The average molecular weight is 273 g/mol. The van der Waals surface area contributed by atoms with Crippen LogP contribution in [0.1, 0.15) is 18.2 Å². The molecule has 1 unspecified atom stereocenters. The lowest BCUT2D eigenvalue weighted by molar-refractivity contribution is 0.244. The molecule has 1 N–H and O–H groups in total. The van der Waals surface area contributed by atoms with E-state index < -0.39 is 0 Å². The van der Waals surface area contributed by atoms with Crippen LogP contribution in [-0.2, 0) is 13.0 Å². The number of nitrogens with zero attached hydrogens (tertiary/aromatic N) is 2. The van der Waals surface area contributed by atoms with Crippen molar-refractivity contribution in [1.82, 2.24) is 10.3 Å². The maximum Gasteiger partial charge on any atom is 0.322 e. The number of anilines is 1. The minimum absolute atomic E-state index is 0.0505. The maximum atomic E-state index is 12.3.